The van der Waals surface area contributed by atoms with Crippen molar-refractivity contribution in [3.8, 4) is 0 Å². The summed E-state index contributed by atoms with van der Waals surface area (Å²) in [5, 5.41) is 2.57. The molecular formula is C17H17NS. The SMILES string of the molecule is c1ccc(CCCSc2cc3ccccc3[nH]2)cc1. The van der Waals surface area contributed by atoms with Crippen LogP contribution in [0.5, 0.6) is 0 Å². The molecule has 0 saturated heterocycles. The first-order valence-electron chi connectivity index (χ1n) is 6.66. The average Bonchev–Trinajstić information content (AvgIpc) is 2.87. The normalized spacial score (nSPS) is 10.9. The van der Waals surface area contributed by atoms with Crippen molar-refractivity contribution < 1.29 is 0 Å². The van der Waals surface area contributed by atoms with Crippen molar-refractivity contribution in [1.29, 1.82) is 0 Å². The lowest BCUT2D eigenvalue weighted by molar-refractivity contribution is 0.932. The van der Waals surface area contributed by atoms with Crippen LogP contribution in [0.1, 0.15) is 12.0 Å². The van der Waals surface area contributed by atoms with Crippen LogP contribution in [0.3, 0.4) is 0 Å². The van der Waals surface area contributed by atoms with Crippen LogP contribution in [0.2, 0.25) is 0 Å². The summed E-state index contributed by atoms with van der Waals surface area (Å²) in [6.07, 6.45) is 2.37. The Morgan fingerprint density at radius 3 is 2.53 bits per heavy atom. The van der Waals surface area contributed by atoms with Crippen LogP contribution in [0, 0.1) is 0 Å². The van der Waals surface area contributed by atoms with Crippen molar-refractivity contribution >= 4 is 22.7 Å². The van der Waals surface area contributed by atoms with Gasteiger partial charge in [-0.15, -0.1) is 11.8 Å². The topological polar surface area (TPSA) is 15.8 Å². The summed E-state index contributed by atoms with van der Waals surface area (Å²) in [6.45, 7) is 0. The summed E-state index contributed by atoms with van der Waals surface area (Å²) in [4.78, 5) is 3.46. The van der Waals surface area contributed by atoms with E-state index in [0.717, 1.165) is 12.2 Å². The number of hydrogen-bond acceptors (Lipinski definition) is 1. The lowest BCUT2D eigenvalue weighted by atomic mass is 10.1. The van der Waals surface area contributed by atoms with Crippen LogP contribution in [0.4, 0.5) is 0 Å². The molecule has 0 unspecified atom stereocenters. The second-order valence-corrected chi connectivity index (χ2v) is 5.80. The second kappa shape index (κ2) is 5.98. The van der Waals surface area contributed by atoms with Gasteiger partial charge in [0.1, 0.15) is 0 Å². The first kappa shape index (κ1) is 12.4. The molecule has 3 rings (SSSR count). The zero-order valence-electron chi connectivity index (χ0n) is 10.8. The van der Waals surface area contributed by atoms with Gasteiger partial charge >= 0.3 is 0 Å². The highest BCUT2D eigenvalue weighted by Gasteiger charge is 2.00. The third kappa shape index (κ3) is 3.21. The maximum atomic E-state index is 3.46. The molecule has 3 aromatic rings. The molecule has 0 atom stereocenters. The molecule has 0 aliphatic carbocycles. The van der Waals surface area contributed by atoms with Gasteiger partial charge in [0.25, 0.3) is 0 Å². The Hall–Kier alpha value is -1.67. The van der Waals surface area contributed by atoms with Gasteiger partial charge in [0.15, 0.2) is 0 Å². The Morgan fingerprint density at radius 2 is 1.68 bits per heavy atom. The Kier molecular flexibility index (Phi) is 3.89. The van der Waals surface area contributed by atoms with Crippen molar-refractivity contribution in [2.24, 2.45) is 0 Å². The number of nitrogens with one attached hydrogen (secondary N) is 1. The fourth-order valence-corrected chi connectivity index (χ4v) is 3.13. The van der Waals surface area contributed by atoms with Crippen LogP contribution >= 0.6 is 11.8 Å². The van der Waals surface area contributed by atoms with Gasteiger partial charge in [0.2, 0.25) is 0 Å². The van der Waals surface area contributed by atoms with E-state index in [1.54, 1.807) is 0 Å². The maximum absolute atomic E-state index is 3.46. The van der Waals surface area contributed by atoms with E-state index in [4.69, 9.17) is 0 Å². The molecule has 0 amide bonds. The Labute approximate surface area is 118 Å². The summed E-state index contributed by atoms with van der Waals surface area (Å²) in [5.41, 5.74) is 2.66. The van der Waals surface area contributed by atoms with Crippen LogP contribution in [-0.2, 0) is 6.42 Å². The average molecular weight is 267 g/mol. The minimum Gasteiger partial charge on any atom is -0.350 e. The number of aromatic nitrogens is 1. The fraction of sp³-hybridized carbons (Fsp3) is 0.176. The number of rotatable bonds is 5. The minimum absolute atomic E-state index is 1.15. The van der Waals surface area contributed by atoms with Gasteiger partial charge in [-0.05, 0) is 36.3 Å². The van der Waals surface area contributed by atoms with Crippen LogP contribution in [0.25, 0.3) is 10.9 Å². The number of thioether (sulfide) groups is 1. The highest BCUT2D eigenvalue weighted by Crippen LogP contribution is 2.23. The Morgan fingerprint density at radius 1 is 0.895 bits per heavy atom. The molecule has 96 valence electrons. The van der Waals surface area contributed by atoms with Gasteiger partial charge < -0.3 is 4.98 Å². The van der Waals surface area contributed by atoms with Crippen molar-refractivity contribution in [3.63, 3.8) is 0 Å². The summed E-state index contributed by atoms with van der Waals surface area (Å²) < 4.78 is 0. The molecule has 2 aromatic carbocycles. The van der Waals surface area contributed by atoms with Gasteiger partial charge in [0.05, 0.1) is 5.03 Å². The molecule has 0 aliphatic rings. The van der Waals surface area contributed by atoms with Crippen LogP contribution in [0.15, 0.2) is 65.7 Å². The maximum Gasteiger partial charge on any atom is 0.0732 e. The van der Waals surface area contributed by atoms with E-state index in [2.05, 4.69) is 65.6 Å². The van der Waals surface area contributed by atoms with Gasteiger partial charge in [0, 0.05) is 10.9 Å². The van der Waals surface area contributed by atoms with Crippen molar-refractivity contribution in [3.05, 3.63) is 66.2 Å². The first-order valence-corrected chi connectivity index (χ1v) is 7.65. The Bertz CT molecular complexity index is 609. The molecule has 19 heavy (non-hydrogen) atoms. The smallest absolute Gasteiger partial charge is 0.0732 e. The number of para-hydroxylation sites is 1. The lowest BCUT2D eigenvalue weighted by Gasteiger charge is -2.00. The number of H-pyrrole nitrogens is 1. The monoisotopic (exact) mass is 267 g/mol. The molecule has 0 spiro atoms. The number of hydrogen-bond donors (Lipinski definition) is 1. The number of benzene rings is 2. The summed E-state index contributed by atoms with van der Waals surface area (Å²) in [7, 11) is 0. The molecule has 1 N–H and O–H groups in total. The molecule has 1 nitrogen and oxygen atoms in total. The fourth-order valence-electron chi connectivity index (χ4n) is 2.23. The number of aromatic amines is 1. The van der Waals surface area contributed by atoms with Gasteiger partial charge in [-0.1, -0.05) is 48.5 Å². The predicted octanol–water partition coefficient (Wildman–Crippen LogP) is 4.89. The van der Waals surface area contributed by atoms with Crippen LogP contribution in [-0.4, -0.2) is 10.7 Å². The zero-order valence-corrected chi connectivity index (χ0v) is 11.6. The van der Waals surface area contributed by atoms with Gasteiger partial charge in [-0.25, -0.2) is 0 Å². The highest BCUT2D eigenvalue weighted by molar-refractivity contribution is 7.99. The van der Waals surface area contributed by atoms with E-state index in [-0.39, 0.29) is 0 Å². The number of aryl methyl sites for hydroxylation is 1. The van der Waals surface area contributed by atoms with Crippen molar-refractivity contribution in [2.45, 2.75) is 17.9 Å². The highest BCUT2D eigenvalue weighted by atomic mass is 32.2. The number of fused-ring (bicyclic) bond motifs is 1. The molecule has 0 bridgehead atoms. The van der Waals surface area contributed by atoms with Crippen molar-refractivity contribution in [1.82, 2.24) is 4.98 Å². The van der Waals surface area contributed by atoms with Crippen LogP contribution < -0.4 is 0 Å². The molecule has 1 heterocycles. The van der Waals surface area contributed by atoms with E-state index in [1.165, 1.54) is 27.9 Å². The molecule has 0 fully saturated rings. The van der Waals surface area contributed by atoms with E-state index in [1.807, 2.05) is 11.8 Å². The zero-order chi connectivity index (χ0) is 12.9. The predicted molar refractivity (Wildman–Crippen MR) is 83.8 cm³/mol. The largest absolute Gasteiger partial charge is 0.350 e. The van der Waals surface area contributed by atoms with Gasteiger partial charge in [-0.2, -0.15) is 0 Å². The molecular weight excluding hydrogens is 250 g/mol. The molecule has 0 radical (unpaired) electrons. The van der Waals surface area contributed by atoms with E-state index < -0.39 is 0 Å². The van der Waals surface area contributed by atoms with E-state index in [0.29, 0.717) is 0 Å². The third-order valence-electron chi connectivity index (χ3n) is 3.22. The molecule has 2 heteroatoms. The summed E-state index contributed by atoms with van der Waals surface area (Å²) >= 11 is 1.91. The summed E-state index contributed by atoms with van der Waals surface area (Å²) in [6, 6.07) is 21.4. The summed E-state index contributed by atoms with van der Waals surface area (Å²) in [5.74, 6) is 1.15. The third-order valence-corrected chi connectivity index (χ3v) is 4.24. The quantitative estimate of drug-likeness (QED) is 0.514. The first-order chi connectivity index (χ1) is 9.42. The van der Waals surface area contributed by atoms with Crippen molar-refractivity contribution in [2.75, 3.05) is 5.75 Å². The Balaban J connectivity index is 1.52. The molecule has 0 saturated carbocycles. The van der Waals surface area contributed by atoms with Gasteiger partial charge in [-0.3, -0.25) is 0 Å². The lowest BCUT2D eigenvalue weighted by Crippen LogP contribution is -1.87. The molecule has 1 aromatic heterocycles. The standard InChI is InChI=1S/C17H17NS/c1-2-7-14(8-3-1)9-6-12-19-17-13-15-10-4-5-11-16(15)18-17/h1-5,7-8,10-11,13,18H,6,9,12H2. The van der Waals surface area contributed by atoms with E-state index in [9.17, 15) is 0 Å². The minimum atomic E-state index is 1.15. The van der Waals surface area contributed by atoms with E-state index >= 15 is 0 Å². The molecule has 0 aliphatic heterocycles. The second-order valence-electron chi connectivity index (χ2n) is 4.66.